The summed E-state index contributed by atoms with van der Waals surface area (Å²) in [7, 11) is 0. The van der Waals surface area contributed by atoms with E-state index in [0.717, 1.165) is 24.8 Å². The molecule has 7 nitrogen and oxygen atoms in total. The van der Waals surface area contributed by atoms with Crippen molar-refractivity contribution in [2.45, 2.75) is 58.5 Å². The first-order valence-electron chi connectivity index (χ1n) is 10.2. The molecule has 0 aromatic heterocycles. The van der Waals surface area contributed by atoms with Gasteiger partial charge in [-0.05, 0) is 63.6 Å². The second-order valence-corrected chi connectivity index (χ2v) is 7.46. The largest absolute Gasteiger partial charge is 0.452 e. The van der Waals surface area contributed by atoms with Gasteiger partial charge >= 0.3 is 12.0 Å². The van der Waals surface area contributed by atoms with Gasteiger partial charge in [0.15, 0.2) is 6.61 Å². The Kier molecular flexibility index (Phi) is 9.21. The Hall–Kier alpha value is -2.83. The molecule has 0 heterocycles. The molecule has 0 aliphatic heterocycles. The minimum Gasteiger partial charge on any atom is -0.452 e. The van der Waals surface area contributed by atoms with Gasteiger partial charge in [-0.15, -0.1) is 0 Å². The van der Waals surface area contributed by atoms with E-state index in [9.17, 15) is 14.4 Å². The van der Waals surface area contributed by atoms with Crippen LogP contribution in [-0.2, 0) is 16.1 Å². The van der Waals surface area contributed by atoms with E-state index in [0.29, 0.717) is 18.7 Å². The van der Waals surface area contributed by atoms with E-state index in [4.69, 9.17) is 4.74 Å². The number of hydrogen-bond acceptors (Lipinski definition) is 4. The number of allylic oxidation sites excluding steroid dienone is 1. The van der Waals surface area contributed by atoms with Crippen molar-refractivity contribution in [3.8, 4) is 0 Å². The second kappa shape index (κ2) is 11.9. The summed E-state index contributed by atoms with van der Waals surface area (Å²) in [6.45, 7) is 4.39. The molecule has 29 heavy (non-hydrogen) atoms. The van der Waals surface area contributed by atoms with Crippen LogP contribution in [0.25, 0.3) is 0 Å². The van der Waals surface area contributed by atoms with Crippen molar-refractivity contribution in [1.82, 2.24) is 16.0 Å². The lowest BCUT2D eigenvalue weighted by Crippen LogP contribution is -2.39. The van der Waals surface area contributed by atoms with E-state index in [1.807, 2.05) is 13.8 Å². The summed E-state index contributed by atoms with van der Waals surface area (Å²) in [6, 6.07) is 6.54. The van der Waals surface area contributed by atoms with Gasteiger partial charge in [0.2, 0.25) is 0 Å². The summed E-state index contributed by atoms with van der Waals surface area (Å²) >= 11 is 0. The van der Waals surface area contributed by atoms with E-state index >= 15 is 0 Å². The summed E-state index contributed by atoms with van der Waals surface area (Å²) in [5.74, 6) is -0.848. The van der Waals surface area contributed by atoms with E-state index in [1.165, 1.54) is 18.4 Å². The quantitative estimate of drug-likeness (QED) is 0.438. The van der Waals surface area contributed by atoms with Gasteiger partial charge < -0.3 is 20.7 Å². The van der Waals surface area contributed by atoms with Crippen LogP contribution in [0.3, 0.4) is 0 Å². The Labute approximate surface area is 172 Å². The Balaban J connectivity index is 1.67. The molecule has 7 heteroatoms. The van der Waals surface area contributed by atoms with E-state index in [1.54, 1.807) is 24.3 Å². The zero-order valence-electron chi connectivity index (χ0n) is 17.3. The Morgan fingerprint density at radius 1 is 1.07 bits per heavy atom. The van der Waals surface area contributed by atoms with Gasteiger partial charge in [0.05, 0.1) is 5.56 Å². The highest BCUT2D eigenvalue weighted by Gasteiger charge is 2.11. The molecule has 3 amide bonds. The molecule has 3 N–H and O–H groups in total. The van der Waals surface area contributed by atoms with Crippen molar-refractivity contribution in [2.75, 3.05) is 13.2 Å². The number of rotatable bonds is 9. The number of urea groups is 1. The van der Waals surface area contributed by atoms with Crippen LogP contribution in [0.1, 0.15) is 61.9 Å². The summed E-state index contributed by atoms with van der Waals surface area (Å²) < 4.78 is 5.07. The lowest BCUT2D eigenvalue weighted by Gasteiger charge is -2.13. The van der Waals surface area contributed by atoms with Crippen LogP contribution in [0.5, 0.6) is 0 Å². The fourth-order valence-corrected chi connectivity index (χ4v) is 3.01. The standard InChI is InChI=1S/C22H31N3O4/c1-16(2)25-22(28)24-14-18-8-10-19(11-9-18)21(27)29-15-20(26)23-13-12-17-6-4-3-5-7-17/h6,8-11,16H,3-5,7,12-15H2,1-2H3,(H,23,26)(H2,24,25,28). The van der Waals surface area contributed by atoms with Crippen LogP contribution in [0, 0.1) is 0 Å². The van der Waals surface area contributed by atoms with Gasteiger partial charge in [0, 0.05) is 19.1 Å². The topological polar surface area (TPSA) is 96.5 Å². The molecule has 0 bridgehead atoms. The normalized spacial score (nSPS) is 13.4. The maximum atomic E-state index is 12.1. The third-order valence-corrected chi connectivity index (χ3v) is 4.55. The smallest absolute Gasteiger partial charge is 0.338 e. The maximum absolute atomic E-state index is 12.1. The molecular formula is C22H31N3O4. The molecule has 1 aromatic carbocycles. The number of nitrogens with one attached hydrogen (secondary N) is 3. The zero-order chi connectivity index (χ0) is 21.1. The molecule has 0 saturated heterocycles. The lowest BCUT2D eigenvalue weighted by molar-refractivity contribution is -0.124. The molecule has 2 rings (SSSR count). The molecular weight excluding hydrogens is 370 g/mol. The number of carbonyl (C=O) groups excluding carboxylic acids is 3. The summed E-state index contributed by atoms with van der Waals surface area (Å²) in [5.41, 5.74) is 2.61. The summed E-state index contributed by atoms with van der Waals surface area (Å²) in [4.78, 5) is 35.5. The van der Waals surface area contributed by atoms with Gasteiger partial charge in [-0.1, -0.05) is 23.8 Å². The second-order valence-electron chi connectivity index (χ2n) is 7.46. The first-order valence-corrected chi connectivity index (χ1v) is 10.2. The first kappa shape index (κ1) is 22.5. The molecule has 0 spiro atoms. The van der Waals surface area contributed by atoms with Crippen molar-refractivity contribution in [1.29, 1.82) is 0 Å². The minimum absolute atomic E-state index is 0.0636. The third kappa shape index (κ3) is 8.81. The first-order chi connectivity index (χ1) is 13.9. The van der Waals surface area contributed by atoms with E-state index in [-0.39, 0.29) is 24.6 Å². The molecule has 0 unspecified atom stereocenters. The Morgan fingerprint density at radius 3 is 2.48 bits per heavy atom. The van der Waals surface area contributed by atoms with Crippen LogP contribution in [0.4, 0.5) is 4.79 Å². The Morgan fingerprint density at radius 2 is 1.83 bits per heavy atom. The van der Waals surface area contributed by atoms with Gasteiger partial charge in [-0.2, -0.15) is 0 Å². The third-order valence-electron chi connectivity index (χ3n) is 4.55. The number of amides is 3. The summed E-state index contributed by atoms with van der Waals surface area (Å²) in [6.07, 6.45) is 7.81. The maximum Gasteiger partial charge on any atom is 0.338 e. The molecule has 1 aliphatic rings. The SMILES string of the molecule is CC(C)NC(=O)NCc1ccc(C(=O)OCC(=O)NCCC2=CCCCC2)cc1. The molecule has 0 atom stereocenters. The molecule has 0 saturated carbocycles. The van der Waals surface area contributed by atoms with Crippen LogP contribution >= 0.6 is 0 Å². The van der Waals surface area contributed by atoms with Crippen molar-refractivity contribution in [3.63, 3.8) is 0 Å². The number of hydrogen-bond donors (Lipinski definition) is 3. The fourth-order valence-electron chi connectivity index (χ4n) is 3.01. The predicted octanol–water partition coefficient (Wildman–Crippen LogP) is 3.06. The Bertz CT molecular complexity index is 726. The van der Waals surface area contributed by atoms with Gasteiger partial charge in [0.1, 0.15) is 0 Å². The van der Waals surface area contributed by atoms with Crippen molar-refractivity contribution >= 4 is 17.9 Å². The van der Waals surface area contributed by atoms with Gasteiger partial charge in [0.25, 0.3) is 5.91 Å². The van der Waals surface area contributed by atoms with Crippen molar-refractivity contribution < 1.29 is 19.1 Å². The summed E-state index contributed by atoms with van der Waals surface area (Å²) in [5, 5.41) is 8.26. The van der Waals surface area contributed by atoms with E-state index in [2.05, 4.69) is 22.0 Å². The number of benzene rings is 1. The highest BCUT2D eigenvalue weighted by Crippen LogP contribution is 2.19. The highest BCUT2D eigenvalue weighted by atomic mass is 16.5. The van der Waals surface area contributed by atoms with Crippen LogP contribution in [0.2, 0.25) is 0 Å². The number of esters is 1. The highest BCUT2D eigenvalue weighted by molar-refractivity contribution is 5.91. The lowest BCUT2D eigenvalue weighted by atomic mass is 9.97. The fraction of sp³-hybridized carbons (Fsp3) is 0.500. The average Bonchev–Trinajstić information content (AvgIpc) is 2.71. The van der Waals surface area contributed by atoms with Crippen molar-refractivity contribution in [3.05, 3.63) is 47.0 Å². The minimum atomic E-state index is -0.549. The molecule has 1 aliphatic carbocycles. The molecule has 0 fully saturated rings. The predicted molar refractivity (Wildman–Crippen MR) is 111 cm³/mol. The molecule has 158 valence electrons. The number of carbonyl (C=O) groups is 3. The average molecular weight is 402 g/mol. The zero-order valence-corrected chi connectivity index (χ0v) is 17.3. The molecule has 1 aromatic rings. The van der Waals surface area contributed by atoms with E-state index < -0.39 is 5.97 Å². The number of ether oxygens (including phenoxy) is 1. The van der Waals surface area contributed by atoms with Crippen molar-refractivity contribution in [2.24, 2.45) is 0 Å². The van der Waals surface area contributed by atoms with Crippen LogP contribution < -0.4 is 16.0 Å². The van der Waals surface area contributed by atoms with Crippen LogP contribution in [-0.4, -0.2) is 37.1 Å². The monoisotopic (exact) mass is 401 g/mol. The van der Waals surface area contributed by atoms with Gasteiger partial charge in [-0.25, -0.2) is 9.59 Å². The molecule has 0 radical (unpaired) electrons. The van der Waals surface area contributed by atoms with Gasteiger partial charge in [-0.3, -0.25) is 4.79 Å². The van der Waals surface area contributed by atoms with Crippen LogP contribution in [0.15, 0.2) is 35.9 Å².